The highest BCUT2D eigenvalue weighted by molar-refractivity contribution is 6.30. The lowest BCUT2D eigenvalue weighted by Crippen LogP contribution is -2.25. The fourth-order valence-electron chi connectivity index (χ4n) is 4.01. The molecule has 156 valence electrons. The Morgan fingerprint density at radius 3 is 2.45 bits per heavy atom. The van der Waals surface area contributed by atoms with Crippen molar-refractivity contribution < 1.29 is 0 Å². The number of anilines is 3. The Morgan fingerprint density at radius 2 is 1.83 bits per heavy atom. The molecule has 0 aliphatic heterocycles. The Bertz CT molecular complexity index is 984. The normalized spacial score (nSPS) is 11.4. The molecule has 0 unspecified atom stereocenters. The standard InChI is InChI=1S/C24H33ClN4/c1-7-12-29(13-8-2)21-11-9-10-20-23(21)28(6)24(26-20)27-22-17(5)14-18(25)15-19(22)16(3)4/h9-11,14-16H,7-8,12-13H2,1-6H3,(H,26,27). The third kappa shape index (κ3) is 4.37. The first-order valence-electron chi connectivity index (χ1n) is 10.6. The van der Waals surface area contributed by atoms with Crippen molar-refractivity contribution in [2.24, 2.45) is 7.05 Å². The van der Waals surface area contributed by atoms with Crippen LogP contribution in [0.3, 0.4) is 0 Å². The molecule has 0 amide bonds. The van der Waals surface area contributed by atoms with Crippen molar-refractivity contribution >= 4 is 40.0 Å². The van der Waals surface area contributed by atoms with E-state index in [1.165, 1.54) is 16.8 Å². The van der Waals surface area contributed by atoms with E-state index >= 15 is 0 Å². The van der Waals surface area contributed by atoms with Crippen molar-refractivity contribution in [3.05, 3.63) is 46.5 Å². The summed E-state index contributed by atoms with van der Waals surface area (Å²) in [5, 5.41) is 4.39. The van der Waals surface area contributed by atoms with Gasteiger partial charge in [-0.15, -0.1) is 0 Å². The Morgan fingerprint density at radius 1 is 1.14 bits per heavy atom. The van der Waals surface area contributed by atoms with Gasteiger partial charge in [0, 0.05) is 30.8 Å². The Labute approximate surface area is 179 Å². The molecule has 1 heterocycles. The van der Waals surface area contributed by atoms with Crippen molar-refractivity contribution in [1.29, 1.82) is 0 Å². The molecule has 4 nitrogen and oxygen atoms in total. The minimum Gasteiger partial charge on any atom is -0.370 e. The van der Waals surface area contributed by atoms with Crippen LogP contribution in [0, 0.1) is 6.92 Å². The smallest absolute Gasteiger partial charge is 0.208 e. The van der Waals surface area contributed by atoms with Gasteiger partial charge in [-0.3, -0.25) is 0 Å². The number of halogens is 1. The second kappa shape index (κ2) is 9.08. The van der Waals surface area contributed by atoms with Gasteiger partial charge in [0.25, 0.3) is 0 Å². The predicted molar refractivity (Wildman–Crippen MR) is 127 cm³/mol. The summed E-state index contributed by atoms with van der Waals surface area (Å²) in [5.74, 6) is 1.22. The van der Waals surface area contributed by atoms with Crippen LogP contribution in [0.25, 0.3) is 11.0 Å². The van der Waals surface area contributed by atoms with Gasteiger partial charge >= 0.3 is 0 Å². The number of nitrogens with zero attached hydrogens (tertiary/aromatic N) is 3. The highest BCUT2D eigenvalue weighted by atomic mass is 35.5. The Balaban J connectivity index is 2.10. The molecule has 0 radical (unpaired) electrons. The highest BCUT2D eigenvalue weighted by Crippen LogP contribution is 2.35. The van der Waals surface area contributed by atoms with Crippen LogP contribution in [0.1, 0.15) is 57.6 Å². The number of fused-ring (bicyclic) bond motifs is 1. The van der Waals surface area contributed by atoms with Crippen LogP contribution in [0.4, 0.5) is 17.3 Å². The van der Waals surface area contributed by atoms with Crippen molar-refractivity contribution in [2.45, 2.75) is 53.4 Å². The molecule has 1 aromatic heterocycles. The number of rotatable bonds is 8. The second-order valence-electron chi connectivity index (χ2n) is 8.09. The first-order chi connectivity index (χ1) is 13.9. The van der Waals surface area contributed by atoms with Gasteiger partial charge in [0.1, 0.15) is 0 Å². The maximum absolute atomic E-state index is 6.33. The average Bonchev–Trinajstić information content (AvgIpc) is 2.99. The van der Waals surface area contributed by atoms with Crippen LogP contribution in [-0.2, 0) is 7.05 Å². The molecule has 0 saturated heterocycles. The number of hydrogen-bond donors (Lipinski definition) is 1. The van der Waals surface area contributed by atoms with Crippen LogP contribution in [0.2, 0.25) is 5.02 Å². The number of aromatic nitrogens is 2. The topological polar surface area (TPSA) is 33.1 Å². The largest absolute Gasteiger partial charge is 0.370 e. The SMILES string of the molecule is CCCN(CCC)c1cccc2nc(Nc3c(C)cc(Cl)cc3C(C)C)n(C)c12. The molecule has 0 bridgehead atoms. The van der Waals surface area contributed by atoms with Crippen LogP contribution < -0.4 is 10.2 Å². The third-order valence-electron chi connectivity index (χ3n) is 5.39. The quantitative estimate of drug-likeness (QED) is 0.431. The predicted octanol–water partition coefficient (Wildman–Crippen LogP) is 7.03. The number of hydrogen-bond acceptors (Lipinski definition) is 3. The minimum atomic E-state index is 0.366. The van der Waals surface area contributed by atoms with Crippen LogP contribution in [0.5, 0.6) is 0 Å². The fraction of sp³-hybridized carbons (Fsp3) is 0.458. The van der Waals surface area contributed by atoms with Crippen LogP contribution in [0.15, 0.2) is 30.3 Å². The molecule has 0 spiro atoms. The molecule has 5 heteroatoms. The van der Waals surface area contributed by atoms with Gasteiger partial charge in [-0.05, 0) is 61.1 Å². The van der Waals surface area contributed by atoms with Crippen LogP contribution in [-0.4, -0.2) is 22.6 Å². The third-order valence-corrected chi connectivity index (χ3v) is 5.61. The maximum Gasteiger partial charge on any atom is 0.208 e. The van der Waals surface area contributed by atoms with E-state index in [4.69, 9.17) is 16.6 Å². The summed E-state index contributed by atoms with van der Waals surface area (Å²) in [7, 11) is 2.09. The monoisotopic (exact) mass is 412 g/mol. The van der Waals surface area contributed by atoms with E-state index in [2.05, 4.69) is 80.7 Å². The summed E-state index contributed by atoms with van der Waals surface area (Å²) >= 11 is 6.33. The number of nitrogens with one attached hydrogen (secondary N) is 1. The van der Waals surface area contributed by atoms with Gasteiger partial charge in [-0.1, -0.05) is 45.4 Å². The zero-order valence-corrected chi connectivity index (χ0v) is 19.3. The molecule has 0 aliphatic rings. The molecule has 0 atom stereocenters. The molecule has 29 heavy (non-hydrogen) atoms. The zero-order chi connectivity index (χ0) is 21.1. The van der Waals surface area contributed by atoms with Crippen molar-refractivity contribution in [1.82, 2.24) is 9.55 Å². The van der Waals surface area contributed by atoms with E-state index in [9.17, 15) is 0 Å². The summed E-state index contributed by atoms with van der Waals surface area (Å²) in [5.41, 5.74) is 6.89. The lowest BCUT2D eigenvalue weighted by molar-refractivity contribution is 0.745. The fourth-order valence-corrected chi connectivity index (χ4v) is 4.30. The van der Waals surface area contributed by atoms with Gasteiger partial charge in [0.15, 0.2) is 0 Å². The summed E-state index contributed by atoms with van der Waals surface area (Å²) in [6, 6.07) is 10.5. The first kappa shape index (κ1) is 21.5. The summed E-state index contributed by atoms with van der Waals surface area (Å²) in [6.45, 7) is 13.0. The Hall–Kier alpha value is -2.20. The zero-order valence-electron chi connectivity index (χ0n) is 18.5. The minimum absolute atomic E-state index is 0.366. The molecular formula is C24H33ClN4. The van der Waals surface area contributed by atoms with Crippen molar-refractivity contribution in [3.63, 3.8) is 0 Å². The maximum atomic E-state index is 6.33. The summed E-state index contributed by atoms with van der Waals surface area (Å²) in [4.78, 5) is 7.40. The van der Waals surface area contributed by atoms with Crippen molar-refractivity contribution in [3.8, 4) is 0 Å². The average molecular weight is 413 g/mol. The molecule has 3 aromatic rings. The lowest BCUT2D eigenvalue weighted by atomic mass is 9.98. The second-order valence-corrected chi connectivity index (χ2v) is 8.53. The molecule has 3 rings (SSSR count). The molecular weight excluding hydrogens is 380 g/mol. The molecule has 0 saturated carbocycles. The van der Waals surface area contributed by atoms with Crippen LogP contribution >= 0.6 is 11.6 Å². The van der Waals surface area contributed by atoms with Gasteiger partial charge in [0.2, 0.25) is 5.95 Å². The molecule has 1 N–H and O–H groups in total. The van der Waals surface area contributed by atoms with Gasteiger partial charge in [-0.25, -0.2) is 4.98 Å². The van der Waals surface area contributed by atoms with Gasteiger partial charge in [-0.2, -0.15) is 0 Å². The molecule has 0 aliphatic carbocycles. The van der Waals surface area contributed by atoms with Gasteiger partial charge < -0.3 is 14.8 Å². The van der Waals surface area contributed by atoms with E-state index in [0.717, 1.165) is 53.7 Å². The number of imidazole rings is 1. The first-order valence-corrected chi connectivity index (χ1v) is 11.0. The summed E-state index contributed by atoms with van der Waals surface area (Å²) in [6.07, 6.45) is 2.25. The Kier molecular flexibility index (Phi) is 6.74. The van der Waals surface area contributed by atoms with Crippen molar-refractivity contribution in [2.75, 3.05) is 23.3 Å². The summed E-state index contributed by atoms with van der Waals surface area (Å²) < 4.78 is 2.18. The van der Waals surface area contributed by atoms with E-state index in [1.54, 1.807) is 0 Å². The molecule has 0 fully saturated rings. The number of aryl methyl sites for hydroxylation is 2. The highest BCUT2D eigenvalue weighted by Gasteiger charge is 2.18. The van der Waals surface area contributed by atoms with E-state index in [-0.39, 0.29) is 0 Å². The van der Waals surface area contributed by atoms with E-state index in [0.29, 0.717) is 5.92 Å². The number of para-hydroxylation sites is 1. The molecule has 2 aromatic carbocycles. The lowest BCUT2D eigenvalue weighted by Gasteiger charge is -2.25. The van der Waals surface area contributed by atoms with E-state index in [1.807, 2.05) is 6.07 Å². The van der Waals surface area contributed by atoms with Gasteiger partial charge in [0.05, 0.1) is 16.7 Å². The van der Waals surface area contributed by atoms with E-state index < -0.39 is 0 Å². The number of benzene rings is 2.